The third-order valence-electron chi connectivity index (χ3n) is 3.62. The van der Waals surface area contributed by atoms with E-state index in [9.17, 15) is 4.79 Å². The molecule has 1 aliphatic heterocycles. The maximum atomic E-state index is 10.8. The van der Waals surface area contributed by atoms with Crippen LogP contribution in [0.25, 0.3) is 0 Å². The van der Waals surface area contributed by atoms with Gasteiger partial charge >= 0.3 is 0 Å². The second kappa shape index (κ2) is 7.67. The molecule has 6 nitrogen and oxygen atoms in total. The predicted octanol–water partition coefficient (Wildman–Crippen LogP) is 1.43. The molecule has 2 N–H and O–H groups in total. The van der Waals surface area contributed by atoms with Crippen molar-refractivity contribution in [2.45, 2.75) is 19.1 Å². The highest BCUT2D eigenvalue weighted by Crippen LogP contribution is 2.37. The van der Waals surface area contributed by atoms with Crippen LogP contribution in [0.15, 0.2) is 12.1 Å². The van der Waals surface area contributed by atoms with Gasteiger partial charge in [0.25, 0.3) is 5.91 Å². The van der Waals surface area contributed by atoms with Gasteiger partial charge in [-0.3, -0.25) is 9.69 Å². The SMILES string of the molecule is COc1cc(CN2CCC(OC)C2)cc(Cl)c1OCC(N)=O. The lowest BCUT2D eigenvalue weighted by atomic mass is 10.2. The molecular weight excluding hydrogens is 308 g/mol. The first-order valence-electron chi connectivity index (χ1n) is 7.06. The van der Waals surface area contributed by atoms with Gasteiger partial charge in [-0.15, -0.1) is 0 Å². The van der Waals surface area contributed by atoms with E-state index in [-0.39, 0.29) is 12.7 Å². The van der Waals surface area contributed by atoms with Crippen LogP contribution in [0.5, 0.6) is 11.5 Å². The molecule has 7 heteroatoms. The summed E-state index contributed by atoms with van der Waals surface area (Å²) >= 11 is 6.24. The molecule has 122 valence electrons. The van der Waals surface area contributed by atoms with Gasteiger partial charge in [-0.1, -0.05) is 11.6 Å². The van der Waals surface area contributed by atoms with Gasteiger partial charge in [0, 0.05) is 26.7 Å². The Kier molecular flexibility index (Phi) is 5.88. The van der Waals surface area contributed by atoms with Gasteiger partial charge in [0.05, 0.1) is 18.2 Å². The highest BCUT2D eigenvalue weighted by Gasteiger charge is 2.23. The standard InChI is InChI=1S/C15H21ClN2O4/c1-20-11-3-4-18(8-11)7-10-5-12(16)15(13(6-10)21-2)22-9-14(17)19/h5-6,11H,3-4,7-9H2,1-2H3,(H2,17,19). The molecule has 1 unspecified atom stereocenters. The lowest BCUT2D eigenvalue weighted by Gasteiger charge is -2.18. The van der Waals surface area contributed by atoms with E-state index >= 15 is 0 Å². The number of halogens is 1. The highest BCUT2D eigenvalue weighted by atomic mass is 35.5. The Bertz CT molecular complexity index is 539. The Morgan fingerprint density at radius 3 is 2.82 bits per heavy atom. The molecule has 0 aliphatic carbocycles. The number of carbonyl (C=O) groups is 1. The number of primary amides is 1. The zero-order valence-electron chi connectivity index (χ0n) is 12.8. The number of amides is 1. The summed E-state index contributed by atoms with van der Waals surface area (Å²) in [6.45, 7) is 2.40. The molecule has 0 spiro atoms. The van der Waals surface area contributed by atoms with Crippen LogP contribution in [0, 0.1) is 0 Å². The third-order valence-corrected chi connectivity index (χ3v) is 3.90. The second-order valence-electron chi connectivity index (χ2n) is 5.25. The Morgan fingerprint density at radius 1 is 1.45 bits per heavy atom. The fraction of sp³-hybridized carbons (Fsp3) is 0.533. The molecule has 1 aliphatic rings. The fourth-order valence-corrected chi connectivity index (χ4v) is 2.83. The molecule has 2 rings (SSSR count). The van der Waals surface area contributed by atoms with E-state index in [2.05, 4.69) is 4.90 Å². The van der Waals surface area contributed by atoms with Crippen LogP contribution in [0.2, 0.25) is 5.02 Å². The minimum Gasteiger partial charge on any atom is -0.493 e. The molecule has 1 aromatic carbocycles. The van der Waals surface area contributed by atoms with Gasteiger partial charge in [0.1, 0.15) is 0 Å². The van der Waals surface area contributed by atoms with E-state index in [0.717, 1.165) is 31.6 Å². The molecule has 1 fully saturated rings. The van der Waals surface area contributed by atoms with E-state index in [1.165, 1.54) is 7.11 Å². The lowest BCUT2D eigenvalue weighted by molar-refractivity contribution is -0.119. The Morgan fingerprint density at radius 2 is 2.23 bits per heavy atom. The van der Waals surface area contributed by atoms with Crippen molar-refractivity contribution in [3.63, 3.8) is 0 Å². The van der Waals surface area contributed by atoms with Crippen LogP contribution >= 0.6 is 11.6 Å². The molecular formula is C15H21ClN2O4. The molecule has 0 aromatic heterocycles. The molecule has 1 amide bonds. The number of rotatable bonds is 7. The van der Waals surface area contributed by atoms with Crippen LogP contribution in [0.3, 0.4) is 0 Å². The molecule has 22 heavy (non-hydrogen) atoms. The maximum absolute atomic E-state index is 10.8. The van der Waals surface area contributed by atoms with E-state index in [1.807, 2.05) is 12.1 Å². The molecule has 1 atom stereocenters. The van der Waals surface area contributed by atoms with Crippen molar-refractivity contribution in [1.82, 2.24) is 4.90 Å². The minimum atomic E-state index is -0.565. The van der Waals surface area contributed by atoms with E-state index in [4.69, 9.17) is 31.5 Å². The molecule has 1 saturated heterocycles. The number of nitrogens with zero attached hydrogens (tertiary/aromatic N) is 1. The van der Waals surface area contributed by atoms with E-state index in [1.54, 1.807) is 7.11 Å². The lowest BCUT2D eigenvalue weighted by Crippen LogP contribution is -2.22. The Hall–Kier alpha value is -1.50. The number of hydrogen-bond acceptors (Lipinski definition) is 5. The fourth-order valence-electron chi connectivity index (χ4n) is 2.54. The van der Waals surface area contributed by atoms with Crippen LogP contribution < -0.4 is 15.2 Å². The first kappa shape index (κ1) is 16.9. The second-order valence-corrected chi connectivity index (χ2v) is 5.65. The Balaban J connectivity index is 2.10. The van der Waals surface area contributed by atoms with Crippen molar-refractivity contribution in [3.8, 4) is 11.5 Å². The summed E-state index contributed by atoms with van der Waals surface area (Å²) in [5.41, 5.74) is 6.10. The molecule has 1 heterocycles. The summed E-state index contributed by atoms with van der Waals surface area (Å²) in [4.78, 5) is 13.1. The van der Waals surface area contributed by atoms with Gasteiger partial charge in [-0.05, 0) is 24.1 Å². The smallest absolute Gasteiger partial charge is 0.255 e. The van der Waals surface area contributed by atoms with Crippen LogP contribution in [-0.2, 0) is 16.1 Å². The highest BCUT2D eigenvalue weighted by molar-refractivity contribution is 6.32. The number of methoxy groups -OCH3 is 2. The summed E-state index contributed by atoms with van der Waals surface area (Å²) in [5, 5.41) is 0.401. The number of nitrogens with two attached hydrogens (primary N) is 1. The summed E-state index contributed by atoms with van der Waals surface area (Å²) < 4.78 is 16.0. The summed E-state index contributed by atoms with van der Waals surface area (Å²) in [6.07, 6.45) is 1.32. The topological polar surface area (TPSA) is 74.0 Å². The quantitative estimate of drug-likeness (QED) is 0.819. The van der Waals surface area contributed by atoms with Crippen LogP contribution in [0.4, 0.5) is 0 Å². The minimum absolute atomic E-state index is 0.239. The molecule has 0 bridgehead atoms. The summed E-state index contributed by atoms with van der Waals surface area (Å²) in [6, 6.07) is 3.68. The summed E-state index contributed by atoms with van der Waals surface area (Å²) in [7, 11) is 3.27. The third kappa shape index (κ3) is 4.25. The number of carbonyl (C=O) groups excluding carboxylic acids is 1. The monoisotopic (exact) mass is 328 g/mol. The van der Waals surface area contributed by atoms with E-state index < -0.39 is 5.91 Å². The predicted molar refractivity (Wildman–Crippen MR) is 83.4 cm³/mol. The van der Waals surface area contributed by atoms with Gasteiger partial charge in [0.2, 0.25) is 0 Å². The van der Waals surface area contributed by atoms with Gasteiger partial charge in [0.15, 0.2) is 18.1 Å². The van der Waals surface area contributed by atoms with Crippen molar-refractivity contribution in [2.75, 3.05) is 33.9 Å². The van der Waals surface area contributed by atoms with Gasteiger partial charge < -0.3 is 19.9 Å². The molecule has 1 aromatic rings. The average molecular weight is 329 g/mol. The number of likely N-dealkylation sites (tertiary alicyclic amines) is 1. The first-order chi connectivity index (χ1) is 10.5. The summed E-state index contributed by atoms with van der Waals surface area (Å²) in [5.74, 6) is 0.263. The van der Waals surface area contributed by atoms with Crippen molar-refractivity contribution < 1.29 is 19.0 Å². The van der Waals surface area contributed by atoms with Gasteiger partial charge in [-0.25, -0.2) is 0 Å². The van der Waals surface area contributed by atoms with Gasteiger partial charge in [-0.2, -0.15) is 0 Å². The zero-order valence-corrected chi connectivity index (χ0v) is 13.6. The average Bonchev–Trinajstić information content (AvgIpc) is 2.93. The Labute approximate surface area is 135 Å². The molecule has 0 radical (unpaired) electrons. The van der Waals surface area contributed by atoms with Crippen molar-refractivity contribution >= 4 is 17.5 Å². The number of ether oxygens (including phenoxy) is 3. The maximum Gasteiger partial charge on any atom is 0.255 e. The van der Waals surface area contributed by atoms with Crippen LogP contribution in [0.1, 0.15) is 12.0 Å². The van der Waals surface area contributed by atoms with Crippen molar-refractivity contribution in [2.24, 2.45) is 5.73 Å². The zero-order chi connectivity index (χ0) is 16.1. The number of hydrogen-bond donors (Lipinski definition) is 1. The largest absolute Gasteiger partial charge is 0.493 e. The van der Waals surface area contributed by atoms with E-state index in [0.29, 0.717) is 16.5 Å². The number of benzene rings is 1. The van der Waals surface area contributed by atoms with Crippen molar-refractivity contribution in [3.05, 3.63) is 22.7 Å². The molecule has 0 saturated carbocycles. The van der Waals surface area contributed by atoms with Crippen LogP contribution in [-0.4, -0.2) is 50.8 Å². The normalized spacial score (nSPS) is 18.4. The first-order valence-corrected chi connectivity index (χ1v) is 7.44. The van der Waals surface area contributed by atoms with Crippen molar-refractivity contribution in [1.29, 1.82) is 0 Å².